The van der Waals surface area contributed by atoms with Gasteiger partial charge in [0.05, 0.1) is 18.1 Å². The first-order chi connectivity index (χ1) is 7.19. The van der Waals surface area contributed by atoms with E-state index in [0.29, 0.717) is 18.9 Å². The fraction of sp³-hybridized carbons (Fsp3) is 0.917. The van der Waals surface area contributed by atoms with E-state index < -0.39 is 0 Å². The van der Waals surface area contributed by atoms with E-state index in [9.17, 15) is 9.90 Å². The molecule has 15 heavy (non-hydrogen) atoms. The van der Waals surface area contributed by atoms with Crippen molar-refractivity contribution in [3.8, 4) is 0 Å². The van der Waals surface area contributed by atoms with Gasteiger partial charge in [-0.1, -0.05) is 12.8 Å². The number of esters is 1. The van der Waals surface area contributed by atoms with Crippen molar-refractivity contribution in [1.29, 1.82) is 0 Å². The van der Waals surface area contributed by atoms with Crippen molar-refractivity contribution in [3.05, 3.63) is 0 Å². The molecule has 0 unspecified atom stereocenters. The number of fused-ring (bicyclic) bond motifs is 1. The quantitative estimate of drug-likeness (QED) is 0.711. The summed E-state index contributed by atoms with van der Waals surface area (Å²) in [7, 11) is 0. The Morgan fingerprint density at radius 1 is 1.53 bits per heavy atom. The molecule has 2 aliphatic rings. The lowest BCUT2D eigenvalue weighted by Crippen LogP contribution is -2.39. The number of aliphatic hydroxyl groups excluding tert-OH is 1. The normalized spacial score (nSPS) is 39.9. The number of carbonyl (C=O) groups excluding carboxylic acids is 1. The Hall–Kier alpha value is -0.570. The minimum atomic E-state index is -0.340. The summed E-state index contributed by atoms with van der Waals surface area (Å²) in [5.74, 6) is 0.298. The molecule has 2 fully saturated rings. The van der Waals surface area contributed by atoms with E-state index in [4.69, 9.17) is 4.74 Å². The van der Waals surface area contributed by atoms with Gasteiger partial charge in [0.2, 0.25) is 0 Å². The first-order valence-electron chi connectivity index (χ1n) is 6.04. The van der Waals surface area contributed by atoms with E-state index >= 15 is 0 Å². The van der Waals surface area contributed by atoms with Gasteiger partial charge in [0.15, 0.2) is 0 Å². The molecule has 0 aromatic carbocycles. The molecule has 0 saturated heterocycles. The molecule has 2 aliphatic carbocycles. The van der Waals surface area contributed by atoms with Crippen molar-refractivity contribution in [1.82, 2.24) is 0 Å². The molecule has 3 nitrogen and oxygen atoms in total. The zero-order valence-electron chi connectivity index (χ0n) is 9.37. The lowest BCUT2D eigenvalue weighted by Gasteiger charge is -2.36. The molecule has 86 valence electrons. The highest BCUT2D eigenvalue weighted by molar-refractivity contribution is 5.78. The molecule has 0 heterocycles. The molecule has 0 radical (unpaired) electrons. The minimum Gasteiger partial charge on any atom is -0.466 e. The van der Waals surface area contributed by atoms with Crippen molar-refractivity contribution in [2.45, 2.75) is 51.6 Å². The number of hydrogen-bond acceptors (Lipinski definition) is 3. The third-order valence-corrected chi connectivity index (χ3v) is 4.05. The van der Waals surface area contributed by atoms with Gasteiger partial charge >= 0.3 is 5.97 Å². The summed E-state index contributed by atoms with van der Waals surface area (Å²) >= 11 is 0. The number of ether oxygens (including phenoxy) is 1. The maximum absolute atomic E-state index is 12.0. The lowest BCUT2D eigenvalue weighted by atomic mass is 9.68. The standard InChI is InChI=1S/C12H20O3/c1-2-15-11(14)12-6-4-3-5-9(12)7-10(13)8-12/h9-10,13H,2-8H2,1H3/t9-,10+,12-/m1/s1. The van der Waals surface area contributed by atoms with Gasteiger partial charge in [0.25, 0.3) is 0 Å². The Morgan fingerprint density at radius 3 is 3.07 bits per heavy atom. The Bertz CT molecular complexity index is 251. The Kier molecular flexibility index (Phi) is 3.01. The van der Waals surface area contributed by atoms with Gasteiger partial charge in [-0.3, -0.25) is 4.79 Å². The predicted octanol–water partition coefficient (Wildman–Crippen LogP) is 1.88. The van der Waals surface area contributed by atoms with Gasteiger partial charge in [0, 0.05) is 0 Å². The third kappa shape index (κ3) is 1.78. The van der Waals surface area contributed by atoms with Gasteiger partial charge in [0.1, 0.15) is 0 Å². The predicted molar refractivity (Wildman–Crippen MR) is 56.3 cm³/mol. The monoisotopic (exact) mass is 212 g/mol. The molecule has 2 rings (SSSR count). The van der Waals surface area contributed by atoms with Crippen LogP contribution < -0.4 is 0 Å². The third-order valence-electron chi connectivity index (χ3n) is 4.05. The molecule has 1 N–H and O–H groups in total. The summed E-state index contributed by atoms with van der Waals surface area (Å²) in [6.45, 7) is 2.29. The molecular weight excluding hydrogens is 192 g/mol. The van der Waals surface area contributed by atoms with E-state index in [2.05, 4.69) is 0 Å². The Morgan fingerprint density at radius 2 is 2.33 bits per heavy atom. The van der Waals surface area contributed by atoms with Crippen LogP contribution in [0.2, 0.25) is 0 Å². The summed E-state index contributed by atoms with van der Waals surface area (Å²) in [5, 5.41) is 9.73. The van der Waals surface area contributed by atoms with Crippen LogP contribution in [0, 0.1) is 11.3 Å². The van der Waals surface area contributed by atoms with Crippen LogP contribution in [0.5, 0.6) is 0 Å². The Labute approximate surface area is 90.8 Å². The molecule has 0 amide bonds. The van der Waals surface area contributed by atoms with Gasteiger partial charge in [-0.15, -0.1) is 0 Å². The summed E-state index contributed by atoms with van der Waals surface area (Å²) < 4.78 is 5.18. The molecule has 0 aliphatic heterocycles. The van der Waals surface area contributed by atoms with Crippen LogP contribution in [-0.4, -0.2) is 23.8 Å². The molecule has 3 heteroatoms. The number of aliphatic hydroxyl groups is 1. The first kappa shape index (κ1) is 10.9. The van der Waals surface area contributed by atoms with Crippen molar-refractivity contribution in [2.24, 2.45) is 11.3 Å². The zero-order valence-corrected chi connectivity index (χ0v) is 9.37. The van der Waals surface area contributed by atoms with Crippen LogP contribution in [0.3, 0.4) is 0 Å². The van der Waals surface area contributed by atoms with Gasteiger partial charge in [-0.05, 0) is 38.5 Å². The minimum absolute atomic E-state index is 0.0637. The van der Waals surface area contributed by atoms with E-state index in [-0.39, 0.29) is 17.5 Å². The zero-order chi connectivity index (χ0) is 10.9. The summed E-state index contributed by atoms with van der Waals surface area (Å²) in [5.41, 5.74) is -0.340. The average Bonchev–Trinajstić information content (AvgIpc) is 2.55. The maximum atomic E-state index is 12.0. The summed E-state index contributed by atoms with van der Waals surface area (Å²) in [6, 6.07) is 0. The molecule has 0 spiro atoms. The summed E-state index contributed by atoms with van der Waals surface area (Å²) in [4.78, 5) is 12.0. The van der Waals surface area contributed by atoms with Crippen LogP contribution in [0.15, 0.2) is 0 Å². The fourth-order valence-corrected chi connectivity index (χ4v) is 3.38. The van der Waals surface area contributed by atoms with Gasteiger partial charge < -0.3 is 9.84 Å². The van der Waals surface area contributed by atoms with E-state index in [1.54, 1.807) is 0 Å². The van der Waals surface area contributed by atoms with Crippen LogP contribution in [0.1, 0.15) is 45.4 Å². The van der Waals surface area contributed by atoms with Crippen molar-refractivity contribution in [2.75, 3.05) is 6.61 Å². The van der Waals surface area contributed by atoms with Crippen molar-refractivity contribution >= 4 is 5.97 Å². The number of rotatable bonds is 2. The van der Waals surface area contributed by atoms with E-state index in [1.165, 1.54) is 6.42 Å². The highest BCUT2D eigenvalue weighted by atomic mass is 16.5. The molecule has 2 saturated carbocycles. The Balaban J connectivity index is 2.17. The van der Waals surface area contributed by atoms with Crippen molar-refractivity contribution in [3.63, 3.8) is 0 Å². The summed E-state index contributed by atoms with van der Waals surface area (Å²) in [6.07, 6.45) is 5.40. The second-order valence-corrected chi connectivity index (χ2v) is 4.91. The van der Waals surface area contributed by atoms with Crippen molar-refractivity contribution < 1.29 is 14.6 Å². The molecular formula is C12H20O3. The number of hydrogen-bond donors (Lipinski definition) is 1. The van der Waals surface area contributed by atoms with Crippen LogP contribution >= 0.6 is 0 Å². The second-order valence-electron chi connectivity index (χ2n) is 4.91. The second kappa shape index (κ2) is 4.12. The largest absolute Gasteiger partial charge is 0.466 e. The van der Waals surface area contributed by atoms with Crippen LogP contribution in [0.25, 0.3) is 0 Å². The maximum Gasteiger partial charge on any atom is 0.312 e. The van der Waals surface area contributed by atoms with Gasteiger partial charge in [-0.2, -0.15) is 0 Å². The molecule has 0 aromatic heterocycles. The molecule has 3 atom stereocenters. The fourth-order valence-electron chi connectivity index (χ4n) is 3.38. The molecule has 0 aromatic rings. The SMILES string of the molecule is CCOC(=O)[C@@]12CCCC[C@@H]1C[C@H](O)C2. The van der Waals surface area contributed by atoms with Gasteiger partial charge in [-0.25, -0.2) is 0 Å². The first-order valence-corrected chi connectivity index (χ1v) is 6.04. The van der Waals surface area contributed by atoms with Crippen LogP contribution in [-0.2, 0) is 9.53 Å². The highest BCUT2D eigenvalue weighted by Gasteiger charge is 2.53. The topological polar surface area (TPSA) is 46.5 Å². The smallest absolute Gasteiger partial charge is 0.312 e. The highest BCUT2D eigenvalue weighted by Crippen LogP contribution is 2.53. The number of carbonyl (C=O) groups is 1. The van der Waals surface area contributed by atoms with Crippen LogP contribution in [0.4, 0.5) is 0 Å². The van der Waals surface area contributed by atoms with E-state index in [0.717, 1.165) is 25.7 Å². The average molecular weight is 212 g/mol. The molecule has 0 bridgehead atoms. The van der Waals surface area contributed by atoms with E-state index in [1.807, 2.05) is 6.92 Å². The lowest BCUT2D eigenvalue weighted by molar-refractivity contribution is -0.160.